The first-order chi connectivity index (χ1) is 4.74. The summed E-state index contributed by atoms with van der Waals surface area (Å²) < 4.78 is 5.96. The van der Waals surface area contributed by atoms with Crippen molar-refractivity contribution in [2.24, 2.45) is 0 Å². The Morgan fingerprint density at radius 1 is 1.60 bits per heavy atom. The maximum atomic E-state index is 5.06. The lowest BCUT2D eigenvalue weighted by atomic mass is 10.3. The molecule has 0 aliphatic rings. The minimum Gasteiger partial charge on any atom is -0.494 e. The summed E-state index contributed by atoms with van der Waals surface area (Å²) in [5.41, 5.74) is 1.12. The Labute approximate surface area is 73.8 Å². The van der Waals surface area contributed by atoms with Gasteiger partial charge in [0.15, 0.2) is 5.75 Å². The number of nitrogens with zero attached hydrogens (tertiary/aromatic N) is 1. The molecule has 0 aromatic carbocycles. The van der Waals surface area contributed by atoms with Crippen molar-refractivity contribution in [2.45, 2.75) is 6.92 Å². The minimum atomic E-state index is 0.848. The van der Waals surface area contributed by atoms with Crippen LogP contribution in [0.3, 0.4) is 0 Å². The average molecular weight is 249 g/mol. The molecule has 0 aliphatic heterocycles. The third kappa shape index (κ3) is 1.59. The molecule has 54 valence electrons. The second-order valence-electron chi connectivity index (χ2n) is 2.01. The Hall–Kier alpha value is -0.320. The van der Waals surface area contributed by atoms with Crippen LogP contribution in [0.4, 0.5) is 0 Å². The molecule has 1 heterocycles. The van der Waals surface area contributed by atoms with Crippen LogP contribution in [0.5, 0.6) is 5.75 Å². The molecule has 0 fully saturated rings. The summed E-state index contributed by atoms with van der Waals surface area (Å²) in [6.45, 7) is 1.99. The normalized spacial score (nSPS) is 9.50. The molecule has 0 atom stereocenters. The molecule has 0 amide bonds. The predicted octanol–water partition coefficient (Wildman–Crippen LogP) is 2.00. The number of aromatic nitrogens is 1. The van der Waals surface area contributed by atoms with E-state index >= 15 is 0 Å². The molecular formula is C7H8INO. The van der Waals surface area contributed by atoms with Gasteiger partial charge in [0.05, 0.1) is 7.11 Å². The van der Waals surface area contributed by atoms with Crippen LogP contribution in [0.25, 0.3) is 0 Å². The van der Waals surface area contributed by atoms with E-state index < -0.39 is 0 Å². The van der Waals surface area contributed by atoms with Crippen LogP contribution in [0.15, 0.2) is 12.3 Å². The Kier molecular flexibility index (Phi) is 2.48. The first-order valence-electron chi connectivity index (χ1n) is 2.90. The summed E-state index contributed by atoms with van der Waals surface area (Å²) in [7, 11) is 1.65. The molecule has 1 aromatic heterocycles. The average Bonchev–Trinajstić information content (AvgIpc) is 1.94. The van der Waals surface area contributed by atoms with E-state index in [1.807, 2.05) is 19.2 Å². The van der Waals surface area contributed by atoms with Crippen molar-refractivity contribution in [3.8, 4) is 5.75 Å². The molecule has 2 nitrogen and oxygen atoms in total. The molecule has 0 N–H and O–H groups in total. The number of rotatable bonds is 1. The lowest BCUT2D eigenvalue weighted by molar-refractivity contribution is 0.409. The molecule has 10 heavy (non-hydrogen) atoms. The highest BCUT2D eigenvalue weighted by atomic mass is 127. The van der Waals surface area contributed by atoms with Gasteiger partial charge in [0, 0.05) is 6.20 Å². The van der Waals surface area contributed by atoms with Crippen molar-refractivity contribution >= 4 is 22.6 Å². The maximum Gasteiger partial charge on any atom is 0.150 e. The zero-order valence-corrected chi connectivity index (χ0v) is 8.05. The van der Waals surface area contributed by atoms with Gasteiger partial charge in [0.2, 0.25) is 0 Å². The lowest BCUT2D eigenvalue weighted by Gasteiger charge is -2.01. The Bertz CT molecular complexity index is 237. The van der Waals surface area contributed by atoms with Crippen molar-refractivity contribution in [3.63, 3.8) is 0 Å². The van der Waals surface area contributed by atoms with Crippen LogP contribution in [0.1, 0.15) is 5.56 Å². The van der Waals surface area contributed by atoms with E-state index in [9.17, 15) is 0 Å². The second kappa shape index (κ2) is 3.18. The zero-order chi connectivity index (χ0) is 7.56. The van der Waals surface area contributed by atoms with Crippen molar-refractivity contribution < 1.29 is 4.74 Å². The Balaban J connectivity index is 3.09. The first-order valence-corrected chi connectivity index (χ1v) is 3.98. The Morgan fingerprint density at radius 3 is 2.80 bits per heavy atom. The van der Waals surface area contributed by atoms with Gasteiger partial charge in [0.1, 0.15) is 3.70 Å². The summed E-state index contributed by atoms with van der Waals surface area (Å²) in [6.07, 6.45) is 1.82. The van der Waals surface area contributed by atoms with E-state index in [1.54, 1.807) is 7.11 Å². The fourth-order valence-corrected chi connectivity index (χ4v) is 1.18. The van der Waals surface area contributed by atoms with E-state index in [0.717, 1.165) is 15.0 Å². The highest BCUT2D eigenvalue weighted by Gasteiger charge is 1.98. The van der Waals surface area contributed by atoms with Crippen LogP contribution in [0, 0.1) is 10.6 Å². The van der Waals surface area contributed by atoms with Crippen LogP contribution >= 0.6 is 22.6 Å². The van der Waals surface area contributed by atoms with E-state index in [2.05, 4.69) is 27.6 Å². The monoisotopic (exact) mass is 249 g/mol. The van der Waals surface area contributed by atoms with Crippen molar-refractivity contribution in [3.05, 3.63) is 21.5 Å². The summed E-state index contributed by atoms with van der Waals surface area (Å²) in [5.74, 6) is 0.848. The highest BCUT2D eigenvalue weighted by Crippen LogP contribution is 2.18. The van der Waals surface area contributed by atoms with Gasteiger partial charge in [-0.25, -0.2) is 4.98 Å². The second-order valence-corrected chi connectivity index (χ2v) is 3.03. The van der Waals surface area contributed by atoms with E-state index in [0.29, 0.717) is 0 Å². The molecule has 0 spiro atoms. The minimum absolute atomic E-state index is 0.848. The van der Waals surface area contributed by atoms with Crippen LogP contribution < -0.4 is 4.74 Å². The topological polar surface area (TPSA) is 22.1 Å². The van der Waals surface area contributed by atoms with Gasteiger partial charge in [-0.2, -0.15) is 0 Å². The molecule has 1 aromatic rings. The van der Waals surface area contributed by atoms with Gasteiger partial charge in [-0.15, -0.1) is 0 Å². The number of hydrogen-bond donors (Lipinski definition) is 0. The summed E-state index contributed by atoms with van der Waals surface area (Å²) in [4.78, 5) is 4.11. The molecule has 0 saturated heterocycles. The van der Waals surface area contributed by atoms with E-state index in [-0.39, 0.29) is 0 Å². The summed E-state index contributed by atoms with van der Waals surface area (Å²) in [6, 6.07) is 1.97. The summed E-state index contributed by atoms with van der Waals surface area (Å²) in [5, 5.41) is 0. The van der Waals surface area contributed by atoms with E-state index in [1.165, 1.54) is 0 Å². The maximum absolute atomic E-state index is 5.06. The van der Waals surface area contributed by atoms with Crippen LogP contribution in [-0.2, 0) is 0 Å². The van der Waals surface area contributed by atoms with Gasteiger partial charge >= 0.3 is 0 Å². The number of halogens is 1. The number of methoxy groups -OCH3 is 1. The van der Waals surface area contributed by atoms with Gasteiger partial charge < -0.3 is 4.74 Å². The fraction of sp³-hybridized carbons (Fsp3) is 0.286. The highest BCUT2D eigenvalue weighted by molar-refractivity contribution is 14.1. The van der Waals surface area contributed by atoms with Gasteiger partial charge in [-0.1, -0.05) is 0 Å². The van der Waals surface area contributed by atoms with Crippen molar-refractivity contribution in [1.82, 2.24) is 4.98 Å². The fourth-order valence-electron chi connectivity index (χ4n) is 0.669. The van der Waals surface area contributed by atoms with E-state index in [4.69, 9.17) is 4.74 Å². The van der Waals surface area contributed by atoms with Crippen molar-refractivity contribution in [1.29, 1.82) is 0 Å². The molecule has 0 unspecified atom stereocenters. The molecule has 1 rings (SSSR count). The molecule has 0 saturated carbocycles. The predicted molar refractivity (Wildman–Crippen MR) is 48.2 cm³/mol. The molecule has 0 bridgehead atoms. The third-order valence-electron chi connectivity index (χ3n) is 1.16. The Morgan fingerprint density at radius 2 is 2.30 bits per heavy atom. The van der Waals surface area contributed by atoms with Crippen LogP contribution in [0.2, 0.25) is 0 Å². The van der Waals surface area contributed by atoms with Gasteiger partial charge in [-0.3, -0.25) is 0 Å². The largest absolute Gasteiger partial charge is 0.494 e. The standard InChI is InChI=1S/C7H8INO/c1-5-3-6(10-2)7(8)9-4-5/h3-4H,1-2H3. The van der Waals surface area contributed by atoms with Gasteiger partial charge in [-0.05, 0) is 41.1 Å². The van der Waals surface area contributed by atoms with Crippen molar-refractivity contribution in [2.75, 3.05) is 7.11 Å². The SMILES string of the molecule is COc1cc(C)cnc1I. The van der Waals surface area contributed by atoms with Gasteiger partial charge in [0.25, 0.3) is 0 Å². The smallest absolute Gasteiger partial charge is 0.150 e. The zero-order valence-electron chi connectivity index (χ0n) is 5.89. The molecule has 3 heteroatoms. The molecule has 0 aliphatic carbocycles. The number of ether oxygens (including phenoxy) is 1. The number of hydrogen-bond acceptors (Lipinski definition) is 2. The summed E-state index contributed by atoms with van der Waals surface area (Å²) >= 11 is 2.14. The lowest BCUT2D eigenvalue weighted by Crippen LogP contribution is -1.90. The number of aryl methyl sites for hydroxylation is 1. The quantitative estimate of drug-likeness (QED) is 0.561. The molecule has 0 radical (unpaired) electrons. The third-order valence-corrected chi connectivity index (χ3v) is 1.97. The first kappa shape index (κ1) is 7.78. The van der Waals surface area contributed by atoms with Crippen LogP contribution in [-0.4, -0.2) is 12.1 Å². The number of pyridine rings is 1. The molecular weight excluding hydrogens is 241 g/mol.